The van der Waals surface area contributed by atoms with Crippen LogP contribution in [0.25, 0.3) is 0 Å². The number of nitrogens with two attached hydrogens (primary N) is 1. The van der Waals surface area contributed by atoms with Gasteiger partial charge in [-0.05, 0) is 30.5 Å². The highest BCUT2D eigenvalue weighted by Gasteiger charge is 2.23. The zero-order valence-electron chi connectivity index (χ0n) is 12.1. The number of hydrogen-bond acceptors (Lipinski definition) is 3. The number of sulfonamides is 1. The Hall–Kier alpha value is -0.980. The van der Waals surface area contributed by atoms with Gasteiger partial charge in [0.15, 0.2) is 0 Å². The average molecular weight is 314 g/mol. The van der Waals surface area contributed by atoms with Gasteiger partial charge in [0.25, 0.3) is 0 Å². The van der Waals surface area contributed by atoms with Crippen molar-refractivity contribution in [3.63, 3.8) is 0 Å². The molecule has 1 fully saturated rings. The fourth-order valence-corrected chi connectivity index (χ4v) is 4.11. The minimum atomic E-state index is -3.81. The van der Waals surface area contributed by atoms with Crippen LogP contribution in [0.2, 0.25) is 0 Å². The van der Waals surface area contributed by atoms with Crippen LogP contribution in [0.3, 0.4) is 0 Å². The van der Waals surface area contributed by atoms with Crippen molar-refractivity contribution in [3.05, 3.63) is 29.6 Å². The van der Waals surface area contributed by atoms with E-state index >= 15 is 0 Å². The van der Waals surface area contributed by atoms with Crippen molar-refractivity contribution in [3.8, 4) is 0 Å². The summed E-state index contributed by atoms with van der Waals surface area (Å²) in [5, 5.41) is 0. The van der Waals surface area contributed by atoms with Crippen molar-refractivity contribution in [1.82, 2.24) is 4.72 Å². The van der Waals surface area contributed by atoms with Crippen molar-refractivity contribution in [2.24, 2.45) is 5.73 Å². The number of hydrogen-bond donors (Lipinski definition) is 2. The highest BCUT2D eigenvalue weighted by molar-refractivity contribution is 7.89. The molecule has 0 spiro atoms. The molecule has 0 unspecified atom stereocenters. The highest BCUT2D eigenvalue weighted by Crippen LogP contribution is 2.21. The molecule has 1 aromatic rings. The third-order valence-corrected chi connectivity index (χ3v) is 5.50. The minimum absolute atomic E-state index is 0.0936. The Bertz CT molecular complexity index is 567. The molecule has 2 rings (SSSR count). The molecular weight excluding hydrogens is 291 g/mol. The van der Waals surface area contributed by atoms with Crippen molar-refractivity contribution in [2.75, 3.05) is 0 Å². The molecule has 0 radical (unpaired) electrons. The first kappa shape index (κ1) is 16.4. The van der Waals surface area contributed by atoms with Crippen molar-refractivity contribution >= 4 is 10.0 Å². The summed E-state index contributed by atoms with van der Waals surface area (Å²) < 4.78 is 41.3. The van der Waals surface area contributed by atoms with Crippen molar-refractivity contribution < 1.29 is 12.8 Å². The van der Waals surface area contributed by atoms with Crippen LogP contribution in [0.1, 0.15) is 50.5 Å². The van der Waals surface area contributed by atoms with Crippen LogP contribution >= 0.6 is 0 Å². The maximum absolute atomic E-state index is 14.0. The molecule has 3 N–H and O–H groups in total. The monoisotopic (exact) mass is 314 g/mol. The minimum Gasteiger partial charge on any atom is -0.326 e. The maximum Gasteiger partial charge on any atom is 0.243 e. The van der Waals surface area contributed by atoms with Crippen LogP contribution in [0.15, 0.2) is 23.1 Å². The Balaban J connectivity index is 2.13. The van der Waals surface area contributed by atoms with E-state index in [0.29, 0.717) is 5.56 Å². The first-order valence-electron chi connectivity index (χ1n) is 7.54. The van der Waals surface area contributed by atoms with Gasteiger partial charge in [-0.25, -0.2) is 17.5 Å². The third-order valence-electron chi connectivity index (χ3n) is 3.95. The van der Waals surface area contributed by atoms with Crippen LogP contribution in [0.5, 0.6) is 0 Å². The van der Waals surface area contributed by atoms with E-state index in [2.05, 4.69) is 4.72 Å². The van der Waals surface area contributed by atoms with Crippen LogP contribution in [-0.4, -0.2) is 14.5 Å². The van der Waals surface area contributed by atoms with E-state index in [1.807, 2.05) is 0 Å². The number of rotatable bonds is 4. The van der Waals surface area contributed by atoms with E-state index in [4.69, 9.17) is 5.73 Å². The summed E-state index contributed by atoms with van der Waals surface area (Å²) in [4.78, 5) is -0.290. The van der Waals surface area contributed by atoms with Gasteiger partial charge in [0.1, 0.15) is 10.7 Å². The summed E-state index contributed by atoms with van der Waals surface area (Å²) in [7, 11) is -3.81. The van der Waals surface area contributed by atoms with E-state index < -0.39 is 15.8 Å². The topological polar surface area (TPSA) is 72.2 Å². The normalized spacial score (nSPS) is 18.2. The van der Waals surface area contributed by atoms with E-state index in [0.717, 1.165) is 38.5 Å². The molecule has 118 valence electrons. The van der Waals surface area contributed by atoms with Crippen LogP contribution in [0, 0.1) is 5.82 Å². The van der Waals surface area contributed by atoms with Crippen molar-refractivity contribution in [2.45, 2.75) is 62.4 Å². The molecule has 1 aliphatic carbocycles. The lowest BCUT2D eigenvalue weighted by Gasteiger charge is -2.21. The van der Waals surface area contributed by atoms with Gasteiger partial charge >= 0.3 is 0 Å². The summed E-state index contributed by atoms with van der Waals surface area (Å²) in [5.74, 6) is -0.740. The largest absolute Gasteiger partial charge is 0.326 e. The third kappa shape index (κ3) is 4.49. The van der Waals surface area contributed by atoms with Crippen LogP contribution in [-0.2, 0) is 16.6 Å². The molecule has 0 amide bonds. The SMILES string of the molecule is NCc1ccc(S(=O)(=O)NC2CCCCCCC2)c(F)c1. The van der Waals surface area contributed by atoms with Crippen LogP contribution in [0.4, 0.5) is 4.39 Å². The van der Waals surface area contributed by atoms with E-state index in [9.17, 15) is 12.8 Å². The molecule has 0 aromatic heterocycles. The fourth-order valence-electron chi connectivity index (χ4n) is 2.75. The number of benzene rings is 1. The standard InChI is InChI=1S/C15H23FN2O2S/c16-14-10-12(11-17)8-9-15(14)21(19,20)18-13-6-4-2-1-3-5-7-13/h8-10,13,18H,1-7,11,17H2. The van der Waals surface area contributed by atoms with Crippen molar-refractivity contribution in [1.29, 1.82) is 0 Å². The van der Waals surface area contributed by atoms with E-state index in [-0.39, 0.29) is 17.5 Å². The summed E-state index contributed by atoms with van der Waals surface area (Å²) in [6.07, 6.45) is 7.16. The zero-order valence-corrected chi connectivity index (χ0v) is 13.0. The summed E-state index contributed by atoms with van der Waals surface area (Å²) in [5.41, 5.74) is 6.01. The second-order valence-electron chi connectivity index (χ2n) is 5.63. The first-order chi connectivity index (χ1) is 10.0. The molecule has 1 aliphatic rings. The smallest absolute Gasteiger partial charge is 0.243 e. The molecule has 0 atom stereocenters. The Morgan fingerprint density at radius 3 is 2.33 bits per heavy atom. The fraction of sp³-hybridized carbons (Fsp3) is 0.600. The molecule has 1 aromatic carbocycles. The van der Waals surface area contributed by atoms with Gasteiger partial charge < -0.3 is 5.73 Å². The Morgan fingerprint density at radius 2 is 1.76 bits per heavy atom. The molecule has 1 saturated carbocycles. The van der Waals surface area contributed by atoms with Gasteiger partial charge in [-0.2, -0.15) is 0 Å². The average Bonchev–Trinajstić information content (AvgIpc) is 2.41. The Morgan fingerprint density at radius 1 is 1.14 bits per heavy atom. The second kappa shape index (κ2) is 7.33. The lowest BCUT2D eigenvalue weighted by molar-refractivity contribution is 0.425. The molecule has 0 heterocycles. The molecule has 6 heteroatoms. The zero-order chi connectivity index (χ0) is 15.3. The number of nitrogens with one attached hydrogen (secondary N) is 1. The molecule has 4 nitrogen and oxygen atoms in total. The van der Waals surface area contributed by atoms with Gasteiger partial charge in [-0.1, -0.05) is 38.2 Å². The quantitative estimate of drug-likeness (QED) is 0.897. The highest BCUT2D eigenvalue weighted by atomic mass is 32.2. The lowest BCUT2D eigenvalue weighted by atomic mass is 9.97. The first-order valence-corrected chi connectivity index (χ1v) is 9.02. The number of halogens is 1. The predicted molar refractivity (Wildman–Crippen MR) is 80.7 cm³/mol. The van der Waals surface area contributed by atoms with Gasteiger partial charge in [-0.15, -0.1) is 0 Å². The van der Waals surface area contributed by atoms with Gasteiger partial charge in [0.2, 0.25) is 10.0 Å². The molecule has 0 bridgehead atoms. The van der Waals surface area contributed by atoms with Gasteiger partial charge in [0, 0.05) is 12.6 Å². The van der Waals surface area contributed by atoms with E-state index in [1.165, 1.54) is 18.6 Å². The van der Waals surface area contributed by atoms with Crippen LogP contribution < -0.4 is 10.5 Å². The summed E-state index contributed by atoms with van der Waals surface area (Å²) in [6, 6.07) is 3.94. The molecule has 21 heavy (non-hydrogen) atoms. The lowest BCUT2D eigenvalue weighted by Crippen LogP contribution is -2.35. The molecule has 0 saturated heterocycles. The van der Waals surface area contributed by atoms with E-state index in [1.54, 1.807) is 6.07 Å². The van der Waals surface area contributed by atoms with Gasteiger partial charge in [-0.3, -0.25) is 0 Å². The van der Waals surface area contributed by atoms with Gasteiger partial charge in [0.05, 0.1) is 0 Å². The second-order valence-corrected chi connectivity index (χ2v) is 7.31. The summed E-state index contributed by atoms with van der Waals surface area (Å²) >= 11 is 0. The maximum atomic E-state index is 14.0. The Kier molecular flexibility index (Phi) is 5.72. The molecule has 0 aliphatic heterocycles. The molecular formula is C15H23FN2O2S. The Labute approximate surface area is 126 Å². The summed E-state index contributed by atoms with van der Waals surface area (Å²) in [6.45, 7) is 0.188. The predicted octanol–water partition coefficient (Wildman–Crippen LogP) is 2.68.